The van der Waals surface area contributed by atoms with Crippen LogP contribution in [0.25, 0.3) is 0 Å². The van der Waals surface area contributed by atoms with Gasteiger partial charge in [0, 0.05) is 41.7 Å². The number of carbonyl (C=O) groups is 3. The maximum Gasteiger partial charge on any atom is 0.257 e. The second kappa shape index (κ2) is 9.72. The van der Waals surface area contributed by atoms with Gasteiger partial charge in [0.1, 0.15) is 5.01 Å². The molecular formula is C25H27N5O3S. The minimum absolute atomic E-state index is 0.0519. The Hall–Kier alpha value is -3.59. The molecule has 1 aliphatic heterocycles. The number of aryl methyl sites for hydroxylation is 2. The van der Waals surface area contributed by atoms with Crippen LogP contribution in [-0.4, -0.2) is 34.5 Å². The minimum Gasteiger partial charge on any atom is -0.326 e. The van der Waals surface area contributed by atoms with Crippen molar-refractivity contribution in [1.82, 2.24) is 10.2 Å². The van der Waals surface area contributed by atoms with E-state index in [-0.39, 0.29) is 29.6 Å². The highest BCUT2D eigenvalue weighted by Crippen LogP contribution is 2.35. The number of rotatable bonds is 6. The van der Waals surface area contributed by atoms with Crippen molar-refractivity contribution in [3.05, 3.63) is 64.2 Å². The van der Waals surface area contributed by atoms with E-state index in [0.717, 1.165) is 16.8 Å². The zero-order chi connectivity index (χ0) is 24.4. The summed E-state index contributed by atoms with van der Waals surface area (Å²) in [5.41, 5.74) is 4.07. The molecule has 0 saturated carbocycles. The van der Waals surface area contributed by atoms with Gasteiger partial charge in [-0.25, -0.2) is 0 Å². The molecule has 9 heteroatoms. The van der Waals surface area contributed by atoms with Crippen molar-refractivity contribution in [1.29, 1.82) is 0 Å². The highest BCUT2D eigenvalue weighted by atomic mass is 32.1. The van der Waals surface area contributed by atoms with E-state index in [1.807, 2.05) is 26.0 Å². The fraction of sp³-hybridized carbons (Fsp3) is 0.320. The van der Waals surface area contributed by atoms with Crippen LogP contribution in [-0.2, 0) is 9.59 Å². The molecule has 1 aromatic heterocycles. The number of benzene rings is 2. The first-order valence-corrected chi connectivity index (χ1v) is 12.0. The summed E-state index contributed by atoms with van der Waals surface area (Å²) < 4.78 is 0. The van der Waals surface area contributed by atoms with E-state index in [9.17, 15) is 14.4 Å². The van der Waals surface area contributed by atoms with Gasteiger partial charge in [-0.05, 0) is 55.3 Å². The molecule has 8 nitrogen and oxygen atoms in total. The summed E-state index contributed by atoms with van der Waals surface area (Å²) in [6.45, 7) is 8.17. The van der Waals surface area contributed by atoms with Crippen LogP contribution in [0.4, 0.5) is 16.5 Å². The van der Waals surface area contributed by atoms with Gasteiger partial charge in [0.25, 0.3) is 5.91 Å². The summed E-state index contributed by atoms with van der Waals surface area (Å²) >= 11 is 1.27. The number of nitrogens with one attached hydrogen (secondary N) is 2. The molecule has 3 amide bonds. The number of hydrogen-bond donors (Lipinski definition) is 2. The monoisotopic (exact) mass is 477 g/mol. The average Bonchev–Trinajstić information content (AvgIpc) is 3.39. The highest BCUT2D eigenvalue weighted by molar-refractivity contribution is 7.15. The van der Waals surface area contributed by atoms with Crippen molar-refractivity contribution in [3.8, 4) is 0 Å². The van der Waals surface area contributed by atoms with Crippen molar-refractivity contribution >= 4 is 45.6 Å². The SMILES string of the molecule is Cc1cc(C)cc(N2C[C@@H](c3nnc(NC(=O)c4cccc(NC(=O)C(C)C)c4)s3)CC2=O)c1. The number of amides is 3. The molecule has 1 fully saturated rings. The smallest absolute Gasteiger partial charge is 0.257 e. The van der Waals surface area contributed by atoms with E-state index >= 15 is 0 Å². The Kier molecular flexibility index (Phi) is 6.74. The predicted octanol–water partition coefficient (Wildman–Crippen LogP) is 4.52. The van der Waals surface area contributed by atoms with Crippen molar-refractivity contribution in [2.24, 2.45) is 5.92 Å². The Morgan fingerprint density at radius 1 is 1.06 bits per heavy atom. The molecule has 0 radical (unpaired) electrons. The molecule has 176 valence electrons. The van der Waals surface area contributed by atoms with Gasteiger partial charge in [0.2, 0.25) is 16.9 Å². The van der Waals surface area contributed by atoms with E-state index in [1.165, 1.54) is 11.3 Å². The first-order valence-electron chi connectivity index (χ1n) is 11.1. The predicted molar refractivity (Wildman–Crippen MR) is 133 cm³/mol. The molecule has 1 atom stereocenters. The lowest BCUT2D eigenvalue weighted by atomic mass is 10.1. The summed E-state index contributed by atoms with van der Waals surface area (Å²) in [5, 5.41) is 15.0. The highest BCUT2D eigenvalue weighted by Gasteiger charge is 2.34. The van der Waals surface area contributed by atoms with E-state index in [0.29, 0.717) is 34.4 Å². The number of anilines is 3. The van der Waals surface area contributed by atoms with Gasteiger partial charge < -0.3 is 10.2 Å². The summed E-state index contributed by atoms with van der Waals surface area (Å²) in [6, 6.07) is 12.8. The van der Waals surface area contributed by atoms with Crippen LogP contribution in [0.15, 0.2) is 42.5 Å². The van der Waals surface area contributed by atoms with Crippen LogP contribution in [0.2, 0.25) is 0 Å². The number of carbonyl (C=O) groups excluding carboxylic acids is 3. The molecule has 34 heavy (non-hydrogen) atoms. The van der Waals surface area contributed by atoms with Crippen LogP contribution in [0.5, 0.6) is 0 Å². The third kappa shape index (κ3) is 5.31. The van der Waals surface area contributed by atoms with Gasteiger partial charge in [0.15, 0.2) is 0 Å². The molecule has 2 heterocycles. The lowest BCUT2D eigenvalue weighted by Gasteiger charge is -2.17. The Morgan fingerprint density at radius 2 is 1.79 bits per heavy atom. The molecule has 2 aromatic carbocycles. The Morgan fingerprint density at radius 3 is 2.50 bits per heavy atom. The van der Waals surface area contributed by atoms with E-state index < -0.39 is 0 Å². The Balaban J connectivity index is 1.42. The summed E-state index contributed by atoms with van der Waals surface area (Å²) in [4.78, 5) is 39.1. The Labute approximate surface area is 202 Å². The van der Waals surface area contributed by atoms with Crippen LogP contribution in [0, 0.1) is 19.8 Å². The lowest BCUT2D eigenvalue weighted by Crippen LogP contribution is -2.24. The topological polar surface area (TPSA) is 104 Å². The average molecular weight is 478 g/mol. The maximum atomic E-state index is 12.7. The quantitative estimate of drug-likeness (QED) is 0.543. The van der Waals surface area contributed by atoms with Crippen molar-refractivity contribution in [2.45, 2.75) is 40.0 Å². The molecule has 2 N–H and O–H groups in total. The molecule has 0 unspecified atom stereocenters. The lowest BCUT2D eigenvalue weighted by molar-refractivity contribution is -0.119. The normalized spacial score (nSPS) is 15.6. The van der Waals surface area contributed by atoms with Crippen LogP contribution < -0.4 is 15.5 Å². The summed E-state index contributed by atoms with van der Waals surface area (Å²) in [6.07, 6.45) is 0.354. The van der Waals surface area contributed by atoms with Crippen LogP contribution >= 0.6 is 11.3 Å². The van der Waals surface area contributed by atoms with E-state index in [4.69, 9.17) is 0 Å². The minimum atomic E-state index is -0.345. The first kappa shape index (κ1) is 23.6. The van der Waals surface area contributed by atoms with Crippen molar-refractivity contribution in [3.63, 3.8) is 0 Å². The van der Waals surface area contributed by atoms with Gasteiger partial charge in [0.05, 0.1) is 0 Å². The van der Waals surface area contributed by atoms with Gasteiger partial charge in [-0.2, -0.15) is 0 Å². The van der Waals surface area contributed by atoms with Crippen molar-refractivity contribution < 1.29 is 14.4 Å². The molecule has 1 aliphatic rings. The molecule has 0 aliphatic carbocycles. The third-order valence-corrected chi connectivity index (χ3v) is 6.57. The molecule has 0 spiro atoms. The zero-order valence-corrected chi connectivity index (χ0v) is 20.4. The number of nitrogens with zero attached hydrogens (tertiary/aromatic N) is 3. The van der Waals surface area contributed by atoms with Gasteiger partial charge in [-0.3, -0.25) is 19.7 Å². The summed E-state index contributed by atoms with van der Waals surface area (Å²) in [5.74, 6) is -0.650. The fourth-order valence-electron chi connectivity index (χ4n) is 3.87. The third-order valence-electron chi connectivity index (χ3n) is 5.57. The summed E-state index contributed by atoms with van der Waals surface area (Å²) in [7, 11) is 0. The van der Waals surface area contributed by atoms with Crippen LogP contribution in [0.3, 0.4) is 0 Å². The van der Waals surface area contributed by atoms with Crippen LogP contribution in [0.1, 0.15) is 52.7 Å². The number of hydrogen-bond acceptors (Lipinski definition) is 6. The fourth-order valence-corrected chi connectivity index (χ4v) is 4.70. The Bertz CT molecular complexity index is 1230. The van der Waals surface area contributed by atoms with Gasteiger partial charge in [-0.15, -0.1) is 10.2 Å². The molecule has 1 saturated heterocycles. The van der Waals surface area contributed by atoms with Gasteiger partial charge >= 0.3 is 0 Å². The molecular weight excluding hydrogens is 450 g/mol. The number of aromatic nitrogens is 2. The maximum absolute atomic E-state index is 12.7. The second-order valence-corrected chi connectivity index (χ2v) is 9.88. The largest absolute Gasteiger partial charge is 0.326 e. The standard InChI is InChI=1S/C25H27N5O3S/c1-14(2)22(32)26-19-7-5-6-17(11-19)23(33)27-25-29-28-24(34-25)18-12-21(31)30(13-18)20-9-15(3)8-16(4)10-20/h5-11,14,18H,12-13H2,1-4H3,(H,26,32)(H,27,29,33)/t18-/m0/s1. The van der Waals surface area contributed by atoms with Crippen molar-refractivity contribution in [2.75, 3.05) is 22.1 Å². The van der Waals surface area contributed by atoms with E-state index in [2.05, 4.69) is 26.9 Å². The second-order valence-electron chi connectivity index (χ2n) is 8.88. The van der Waals surface area contributed by atoms with Gasteiger partial charge in [-0.1, -0.05) is 37.3 Å². The first-order chi connectivity index (χ1) is 16.2. The molecule has 3 aromatic rings. The zero-order valence-electron chi connectivity index (χ0n) is 19.6. The molecule has 4 rings (SSSR count). The molecule has 0 bridgehead atoms. The van der Waals surface area contributed by atoms with E-state index in [1.54, 1.807) is 43.0 Å².